The van der Waals surface area contributed by atoms with E-state index in [-0.39, 0.29) is 0 Å². The van der Waals surface area contributed by atoms with Crippen LogP contribution in [0.4, 0.5) is 5.82 Å². The van der Waals surface area contributed by atoms with Crippen molar-refractivity contribution in [1.29, 1.82) is 0 Å². The minimum atomic E-state index is 0.478. The molecule has 1 aromatic carbocycles. The first-order valence-electron chi connectivity index (χ1n) is 6.36. The lowest BCUT2D eigenvalue weighted by molar-refractivity contribution is 0.425. The Balaban J connectivity index is 1.83. The normalized spacial score (nSPS) is 10.4. The van der Waals surface area contributed by atoms with Gasteiger partial charge in [-0.05, 0) is 24.6 Å². The molecule has 0 fully saturated rings. The van der Waals surface area contributed by atoms with Gasteiger partial charge in [0.05, 0.1) is 5.56 Å². The Labute approximate surface area is 116 Å². The van der Waals surface area contributed by atoms with Crippen LogP contribution < -0.4 is 5.32 Å². The van der Waals surface area contributed by atoms with Gasteiger partial charge in [-0.2, -0.15) is 4.98 Å². The second kappa shape index (κ2) is 5.52. The van der Waals surface area contributed by atoms with Crippen LogP contribution in [0.1, 0.15) is 11.4 Å². The Hall–Kier alpha value is -2.69. The average Bonchev–Trinajstić information content (AvgIpc) is 2.93. The molecule has 0 unspecified atom stereocenters. The van der Waals surface area contributed by atoms with Gasteiger partial charge in [0.2, 0.25) is 0 Å². The maximum atomic E-state index is 5.20. The fourth-order valence-electron chi connectivity index (χ4n) is 1.91. The quantitative estimate of drug-likeness (QED) is 0.786. The van der Waals surface area contributed by atoms with Gasteiger partial charge in [-0.1, -0.05) is 35.5 Å². The Morgan fingerprint density at radius 3 is 2.70 bits per heavy atom. The second-order valence-corrected chi connectivity index (χ2v) is 4.39. The molecule has 5 heteroatoms. The summed E-state index contributed by atoms with van der Waals surface area (Å²) in [4.78, 5) is 8.58. The average molecular weight is 266 g/mol. The topological polar surface area (TPSA) is 63.8 Å². The Morgan fingerprint density at radius 1 is 1.10 bits per heavy atom. The lowest BCUT2D eigenvalue weighted by Crippen LogP contribution is -2.02. The highest BCUT2D eigenvalue weighted by molar-refractivity contribution is 5.68. The fraction of sp³-hybridized carbons (Fsp3) is 0.133. The van der Waals surface area contributed by atoms with Crippen LogP contribution >= 0.6 is 0 Å². The lowest BCUT2D eigenvalue weighted by Gasteiger charge is -2.08. The maximum absolute atomic E-state index is 5.20. The van der Waals surface area contributed by atoms with Crippen LogP contribution in [0.3, 0.4) is 0 Å². The molecule has 0 amide bonds. The molecule has 100 valence electrons. The second-order valence-electron chi connectivity index (χ2n) is 4.39. The molecule has 3 rings (SSSR count). The summed E-state index contributed by atoms with van der Waals surface area (Å²) in [6.07, 6.45) is 1.74. The first-order chi connectivity index (χ1) is 9.83. The smallest absolute Gasteiger partial charge is 0.261 e. The number of rotatable bonds is 4. The first-order valence-corrected chi connectivity index (χ1v) is 6.36. The first kappa shape index (κ1) is 12.3. The van der Waals surface area contributed by atoms with Crippen LogP contribution in [0.15, 0.2) is 53.2 Å². The predicted molar refractivity (Wildman–Crippen MR) is 76.0 cm³/mol. The molecule has 20 heavy (non-hydrogen) atoms. The minimum absolute atomic E-state index is 0.478. The summed E-state index contributed by atoms with van der Waals surface area (Å²) in [7, 11) is 0. The van der Waals surface area contributed by atoms with Crippen molar-refractivity contribution >= 4 is 5.82 Å². The van der Waals surface area contributed by atoms with Gasteiger partial charge in [-0.15, -0.1) is 0 Å². The number of pyridine rings is 1. The highest BCUT2D eigenvalue weighted by Crippen LogP contribution is 2.24. The summed E-state index contributed by atoms with van der Waals surface area (Å²) >= 11 is 0. The van der Waals surface area contributed by atoms with Gasteiger partial charge in [0.15, 0.2) is 5.82 Å². The molecule has 0 saturated carbocycles. The number of aromatic nitrogens is 3. The molecule has 0 atom stereocenters. The number of hydrogen-bond acceptors (Lipinski definition) is 5. The molecular formula is C15H14N4O. The third-order valence-corrected chi connectivity index (χ3v) is 2.87. The molecule has 0 bridgehead atoms. The van der Waals surface area contributed by atoms with E-state index in [0.717, 1.165) is 11.4 Å². The van der Waals surface area contributed by atoms with Crippen molar-refractivity contribution in [3.8, 4) is 11.5 Å². The molecule has 1 N–H and O–H groups in total. The summed E-state index contributed by atoms with van der Waals surface area (Å²) in [6.45, 7) is 2.48. The maximum Gasteiger partial charge on any atom is 0.261 e. The highest BCUT2D eigenvalue weighted by atomic mass is 16.5. The number of aryl methyl sites for hydroxylation is 1. The van der Waals surface area contributed by atoms with Crippen LogP contribution in [-0.4, -0.2) is 15.1 Å². The van der Waals surface area contributed by atoms with E-state index in [9.17, 15) is 0 Å². The zero-order valence-corrected chi connectivity index (χ0v) is 11.1. The molecule has 0 aliphatic carbocycles. The molecule has 3 aromatic rings. The van der Waals surface area contributed by atoms with Gasteiger partial charge in [-0.3, -0.25) is 0 Å². The van der Waals surface area contributed by atoms with E-state index in [4.69, 9.17) is 4.52 Å². The summed E-state index contributed by atoms with van der Waals surface area (Å²) in [5.41, 5.74) is 2.00. The number of nitrogens with zero attached hydrogens (tertiary/aromatic N) is 3. The number of benzene rings is 1. The molecule has 0 saturated heterocycles. The van der Waals surface area contributed by atoms with Crippen LogP contribution in [-0.2, 0) is 6.54 Å². The van der Waals surface area contributed by atoms with E-state index in [2.05, 4.69) is 32.6 Å². The van der Waals surface area contributed by atoms with Crippen molar-refractivity contribution < 1.29 is 4.52 Å². The molecule has 2 aromatic heterocycles. The van der Waals surface area contributed by atoms with Crippen molar-refractivity contribution in [2.75, 3.05) is 5.32 Å². The van der Waals surface area contributed by atoms with Crippen molar-refractivity contribution in [1.82, 2.24) is 15.1 Å². The summed E-state index contributed by atoms with van der Waals surface area (Å²) in [5, 5.41) is 7.11. The Morgan fingerprint density at radius 2 is 1.95 bits per heavy atom. The molecule has 5 nitrogen and oxygen atoms in total. The van der Waals surface area contributed by atoms with E-state index in [1.54, 1.807) is 13.1 Å². The van der Waals surface area contributed by atoms with E-state index >= 15 is 0 Å². The molecule has 0 spiro atoms. The monoisotopic (exact) mass is 266 g/mol. The lowest BCUT2D eigenvalue weighted by atomic mass is 10.2. The zero-order valence-electron chi connectivity index (χ0n) is 11.1. The van der Waals surface area contributed by atoms with Gasteiger partial charge in [0, 0.05) is 12.7 Å². The van der Waals surface area contributed by atoms with Crippen LogP contribution in [0.25, 0.3) is 11.5 Å². The summed E-state index contributed by atoms with van der Waals surface area (Å²) in [6, 6.07) is 13.9. The van der Waals surface area contributed by atoms with Gasteiger partial charge in [0.1, 0.15) is 5.82 Å². The van der Waals surface area contributed by atoms with Gasteiger partial charge >= 0.3 is 0 Å². The molecule has 0 radical (unpaired) electrons. The Kier molecular flexibility index (Phi) is 3.41. The van der Waals surface area contributed by atoms with Gasteiger partial charge < -0.3 is 9.84 Å². The molecule has 0 aliphatic heterocycles. The van der Waals surface area contributed by atoms with Crippen molar-refractivity contribution in [3.63, 3.8) is 0 Å². The molecular weight excluding hydrogens is 252 g/mol. The molecule has 2 heterocycles. The zero-order chi connectivity index (χ0) is 13.8. The SMILES string of the molecule is Cc1noc(-c2cccnc2NCc2ccccc2)n1. The van der Waals surface area contributed by atoms with Crippen molar-refractivity contribution in [2.45, 2.75) is 13.5 Å². The van der Waals surface area contributed by atoms with Crippen molar-refractivity contribution in [3.05, 3.63) is 60.0 Å². The Bertz CT molecular complexity index is 694. The molecule has 0 aliphatic rings. The number of anilines is 1. The summed E-state index contributed by atoms with van der Waals surface area (Å²) < 4.78 is 5.20. The third kappa shape index (κ3) is 2.66. The van der Waals surface area contributed by atoms with Gasteiger partial charge in [-0.25, -0.2) is 4.98 Å². The largest absolute Gasteiger partial charge is 0.365 e. The third-order valence-electron chi connectivity index (χ3n) is 2.87. The number of hydrogen-bond donors (Lipinski definition) is 1. The standard InChI is InChI=1S/C15H14N4O/c1-11-18-15(20-19-11)13-8-5-9-16-14(13)17-10-12-6-3-2-4-7-12/h2-9H,10H2,1H3,(H,16,17). The number of nitrogens with one attached hydrogen (secondary N) is 1. The van der Waals surface area contributed by atoms with E-state index < -0.39 is 0 Å². The van der Waals surface area contributed by atoms with Crippen LogP contribution in [0.5, 0.6) is 0 Å². The van der Waals surface area contributed by atoms with E-state index in [1.807, 2.05) is 30.3 Å². The van der Waals surface area contributed by atoms with Gasteiger partial charge in [0.25, 0.3) is 5.89 Å². The minimum Gasteiger partial charge on any atom is -0.365 e. The van der Waals surface area contributed by atoms with Crippen molar-refractivity contribution in [2.24, 2.45) is 0 Å². The summed E-state index contributed by atoms with van der Waals surface area (Å²) in [5.74, 6) is 1.82. The fourth-order valence-corrected chi connectivity index (χ4v) is 1.91. The van der Waals surface area contributed by atoms with Crippen LogP contribution in [0.2, 0.25) is 0 Å². The predicted octanol–water partition coefficient (Wildman–Crippen LogP) is 3.05. The van der Waals surface area contributed by atoms with E-state index in [0.29, 0.717) is 18.3 Å². The van der Waals surface area contributed by atoms with Crippen LogP contribution in [0, 0.1) is 6.92 Å². The highest BCUT2D eigenvalue weighted by Gasteiger charge is 2.12. The van der Waals surface area contributed by atoms with E-state index in [1.165, 1.54) is 5.56 Å².